The number of rotatable bonds is 14. The van der Waals surface area contributed by atoms with Crippen LogP contribution in [0.25, 0.3) is 0 Å². The molecule has 1 saturated heterocycles. The Balaban J connectivity index is 1.41. The number of hydrogen-bond donors (Lipinski definition) is 6. The first-order valence-corrected chi connectivity index (χ1v) is 17.2. The molecule has 3 aromatic rings. The highest BCUT2D eigenvalue weighted by Crippen LogP contribution is 2.33. The van der Waals surface area contributed by atoms with Gasteiger partial charge in [-0.3, -0.25) is 24.5 Å². The summed E-state index contributed by atoms with van der Waals surface area (Å²) >= 11 is 0. The summed E-state index contributed by atoms with van der Waals surface area (Å²) in [4.78, 5) is 87.4. The Morgan fingerprint density at radius 1 is 0.815 bits per heavy atom. The molecule has 0 bridgehead atoms. The van der Waals surface area contributed by atoms with Gasteiger partial charge in [0.1, 0.15) is 18.1 Å². The zero-order valence-corrected chi connectivity index (χ0v) is 30.3. The predicted molar refractivity (Wildman–Crippen MR) is 198 cm³/mol. The van der Waals surface area contributed by atoms with E-state index in [0.717, 1.165) is 5.56 Å². The van der Waals surface area contributed by atoms with Gasteiger partial charge in [0.2, 0.25) is 17.7 Å². The average molecular weight is 745 g/mol. The third-order valence-corrected chi connectivity index (χ3v) is 8.89. The highest BCUT2D eigenvalue weighted by molar-refractivity contribution is 5.99. The van der Waals surface area contributed by atoms with E-state index < -0.39 is 52.8 Å². The van der Waals surface area contributed by atoms with Crippen molar-refractivity contribution in [1.82, 2.24) is 15.5 Å². The van der Waals surface area contributed by atoms with Crippen molar-refractivity contribution in [2.45, 2.75) is 77.4 Å². The van der Waals surface area contributed by atoms with E-state index in [1.807, 2.05) is 20.8 Å². The van der Waals surface area contributed by atoms with E-state index in [-0.39, 0.29) is 55.2 Å². The van der Waals surface area contributed by atoms with Crippen LogP contribution in [0.15, 0.2) is 72.8 Å². The monoisotopic (exact) mass is 744 g/mol. The molecule has 16 nitrogen and oxygen atoms in total. The van der Waals surface area contributed by atoms with Crippen LogP contribution < -0.4 is 21.3 Å². The number of nitro benzene ring substituents is 1. The molecule has 0 radical (unpaired) electrons. The predicted octanol–water partition coefficient (Wildman–Crippen LogP) is 4.30. The Morgan fingerprint density at radius 2 is 1.31 bits per heavy atom. The fourth-order valence-corrected chi connectivity index (χ4v) is 6.26. The number of amides is 5. The molecule has 0 aromatic heterocycles. The molecule has 5 amide bonds. The number of carboxylic acid groups (broad SMARTS) is 2. The summed E-state index contributed by atoms with van der Waals surface area (Å²) in [7, 11) is 0. The van der Waals surface area contributed by atoms with E-state index in [9.17, 15) is 49.1 Å². The molecular weight excluding hydrogens is 700 g/mol. The number of nitro groups is 1. The van der Waals surface area contributed by atoms with Gasteiger partial charge in [-0.25, -0.2) is 14.4 Å². The van der Waals surface area contributed by atoms with Crippen molar-refractivity contribution in [3.8, 4) is 0 Å². The zero-order valence-electron chi connectivity index (χ0n) is 30.3. The van der Waals surface area contributed by atoms with Gasteiger partial charge in [0.25, 0.3) is 5.69 Å². The highest BCUT2D eigenvalue weighted by Gasteiger charge is 2.40. The molecule has 1 aliphatic rings. The Labute approximate surface area is 311 Å². The van der Waals surface area contributed by atoms with Crippen LogP contribution >= 0.6 is 0 Å². The van der Waals surface area contributed by atoms with Crippen LogP contribution in [0.1, 0.15) is 63.1 Å². The second-order valence-electron chi connectivity index (χ2n) is 14.4. The first-order valence-electron chi connectivity index (χ1n) is 17.2. The fraction of sp³-hybridized carbons (Fsp3) is 0.368. The van der Waals surface area contributed by atoms with Crippen molar-refractivity contribution >= 4 is 52.8 Å². The molecule has 0 saturated carbocycles. The molecule has 4 rings (SSSR count). The molecule has 1 heterocycles. The minimum absolute atomic E-state index is 0.108. The molecule has 16 heteroatoms. The Morgan fingerprint density at radius 3 is 1.78 bits per heavy atom. The summed E-state index contributed by atoms with van der Waals surface area (Å²) in [6.45, 7) is 7.08. The van der Waals surface area contributed by atoms with E-state index in [2.05, 4.69) is 21.3 Å². The molecule has 1 fully saturated rings. The number of benzene rings is 3. The van der Waals surface area contributed by atoms with Gasteiger partial charge < -0.3 is 36.4 Å². The maximum atomic E-state index is 13.6. The van der Waals surface area contributed by atoms with E-state index in [1.165, 1.54) is 36.1 Å². The molecule has 4 atom stereocenters. The van der Waals surface area contributed by atoms with Crippen LogP contribution in [0.3, 0.4) is 0 Å². The van der Waals surface area contributed by atoms with Crippen molar-refractivity contribution < 1.29 is 43.9 Å². The highest BCUT2D eigenvalue weighted by atomic mass is 16.6. The van der Waals surface area contributed by atoms with Crippen molar-refractivity contribution in [2.75, 3.05) is 17.2 Å². The van der Waals surface area contributed by atoms with Crippen LogP contribution in [0.5, 0.6) is 0 Å². The van der Waals surface area contributed by atoms with Crippen molar-refractivity contribution in [1.29, 1.82) is 0 Å². The van der Waals surface area contributed by atoms with E-state index in [4.69, 9.17) is 0 Å². The number of carbonyl (C=O) groups excluding carboxylic acids is 4. The second-order valence-corrected chi connectivity index (χ2v) is 14.4. The van der Waals surface area contributed by atoms with Crippen LogP contribution in [0.2, 0.25) is 0 Å². The molecular formula is C38H44N6O10. The van der Waals surface area contributed by atoms with Gasteiger partial charge >= 0.3 is 18.0 Å². The van der Waals surface area contributed by atoms with Gasteiger partial charge in [-0.1, -0.05) is 57.2 Å². The fourth-order valence-electron chi connectivity index (χ4n) is 6.26. The Kier molecular flexibility index (Phi) is 13.1. The number of urea groups is 1. The van der Waals surface area contributed by atoms with Crippen LogP contribution in [-0.2, 0) is 36.8 Å². The minimum atomic E-state index is -1.41. The molecule has 6 N–H and O–H groups in total. The number of anilines is 2. The third kappa shape index (κ3) is 11.3. The van der Waals surface area contributed by atoms with E-state index in [1.54, 1.807) is 48.5 Å². The normalized spacial score (nSPS) is 16.4. The maximum Gasteiger partial charge on any atom is 0.326 e. The van der Waals surface area contributed by atoms with E-state index >= 15 is 0 Å². The molecule has 4 unspecified atom stereocenters. The topological polar surface area (TPSA) is 237 Å². The number of hydrogen-bond acceptors (Lipinski definition) is 8. The lowest BCUT2D eigenvalue weighted by atomic mass is 9.91. The molecule has 1 aliphatic heterocycles. The van der Waals surface area contributed by atoms with Gasteiger partial charge in [0.15, 0.2) is 0 Å². The minimum Gasteiger partial charge on any atom is -0.480 e. The Hall–Kier alpha value is -6.32. The number of carboxylic acids is 2. The Bertz CT molecular complexity index is 1890. The first-order chi connectivity index (χ1) is 25.4. The SMILES string of the molecule is CC(=O)N1CC(c2ccc(NC(=O)Nc3ccc([N+](=O)[O-])cc3)cc2)CC1C(=O)NC(Cc1ccccc1CC(NC(=O)CC(C)(C)C)C(=O)O)C(=O)O. The zero-order chi connectivity index (χ0) is 39.7. The lowest BCUT2D eigenvalue weighted by Crippen LogP contribution is -2.51. The summed E-state index contributed by atoms with van der Waals surface area (Å²) in [6, 6.07) is 14.6. The van der Waals surface area contributed by atoms with Crippen molar-refractivity contribution in [3.63, 3.8) is 0 Å². The average Bonchev–Trinajstić information content (AvgIpc) is 3.54. The molecule has 0 aliphatic carbocycles. The number of carbonyl (C=O) groups is 6. The lowest BCUT2D eigenvalue weighted by molar-refractivity contribution is -0.384. The quantitative estimate of drug-likeness (QED) is 0.101. The summed E-state index contributed by atoms with van der Waals surface area (Å²) in [5, 5.41) is 41.2. The van der Waals surface area contributed by atoms with Gasteiger partial charge in [0, 0.05) is 62.2 Å². The first kappa shape index (κ1) is 40.5. The number of nitrogens with one attached hydrogen (secondary N) is 4. The summed E-state index contributed by atoms with van der Waals surface area (Å²) < 4.78 is 0. The molecule has 3 aromatic carbocycles. The number of non-ortho nitro benzene ring substituents is 1. The molecule has 286 valence electrons. The number of aliphatic carboxylic acids is 2. The number of nitrogens with zero attached hydrogens (tertiary/aromatic N) is 2. The molecule has 54 heavy (non-hydrogen) atoms. The lowest BCUT2D eigenvalue weighted by Gasteiger charge is -2.25. The van der Waals surface area contributed by atoms with Crippen LogP contribution in [0.4, 0.5) is 21.9 Å². The van der Waals surface area contributed by atoms with Crippen LogP contribution in [-0.4, -0.2) is 80.4 Å². The van der Waals surface area contributed by atoms with Gasteiger partial charge in [0.05, 0.1) is 4.92 Å². The largest absolute Gasteiger partial charge is 0.480 e. The summed E-state index contributed by atoms with van der Waals surface area (Å²) in [5.74, 6) is -4.30. The van der Waals surface area contributed by atoms with E-state index in [0.29, 0.717) is 22.5 Å². The third-order valence-electron chi connectivity index (χ3n) is 8.89. The summed E-state index contributed by atoms with van der Waals surface area (Å²) in [6.07, 6.45) is 0.0288. The maximum absolute atomic E-state index is 13.6. The van der Waals surface area contributed by atoms with Gasteiger partial charge in [-0.05, 0) is 52.8 Å². The van der Waals surface area contributed by atoms with Gasteiger partial charge in [-0.2, -0.15) is 0 Å². The standard InChI is InChI=1S/C38H44N6O10/c1-22(45)43-21-26(23-9-11-27(12-10-23)39-37(52)40-28-13-15-29(16-14-28)44(53)54)19-32(43)34(47)42-31(36(50)51)18-25-8-6-5-7-24(25)17-30(35(48)49)41-33(46)20-38(2,3)4/h5-16,26,30-32H,17-21H2,1-4H3,(H,41,46)(H,42,47)(H,48,49)(H,50,51)(H2,39,40,52). The summed E-state index contributed by atoms with van der Waals surface area (Å²) in [5.41, 5.74) is 2.08. The van der Waals surface area contributed by atoms with Crippen molar-refractivity contribution in [3.05, 3.63) is 99.6 Å². The van der Waals surface area contributed by atoms with Gasteiger partial charge in [-0.15, -0.1) is 0 Å². The second kappa shape index (κ2) is 17.5. The number of likely N-dealkylation sites (tertiary alicyclic amines) is 1. The molecule has 0 spiro atoms. The smallest absolute Gasteiger partial charge is 0.326 e. The van der Waals surface area contributed by atoms with Crippen LogP contribution in [0, 0.1) is 15.5 Å². The van der Waals surface area contributed by atoms with Crippen molar-refractivity contribution in [2.24, 2.45) is 5.41 Å².